The lowest BCUT2D eigenvalue weighted by Gasteiger charge is -2.01. The second kappa shape index (κ2) is 3.93. The highest BCUT2D eigenvalue weighted by Crippen LogP contribution is 2.24. The Kier molecular flexibility index (Phi) is 2.60. The van der Waals surface area contributed by atoms with Crippen molar-refractivity contribution >= 4 is 17.4 Å². The number of rotatable bonds is 2. The fraction of sp³-hybridized carbons (Fsp3) is 0.231. The molecule has 0 saturated carbocycles. The van der Waals surface area contributed by atoms with Gasteiger partial charge in [-0.3, -0.25) is 9.59 Å². The number of Topliss-reactive ketones (excluding diaryl/α,β-unsaturated/α-hetero) is 1. The van der Waals surface area contributed by atoms with E-state index in [1.165, 1.54) is 5.57 Å². The van der Waals surface area contributed by atoms with E-state index in [2.05, 4.69) is 11.4 Å². The van der Waals surface area contributed by atoms with Crippen LogP contribution in [0, 0.1) is 0 Å². The number of carbonyl (C=O) groups is 2. The molecule has 3 heteroatoms. The first-order valence-electron chi connectivity index (χ1n) is 5.20. The lowest BCUT2D eigenvalue weighted by atomic mass is 10.1. The maximum absolute atomic E-state index is 11.3. The Morgan fingerprint density at radius 1 is 1.31 bits per heavy atom. The molecule has 0 saturated heterocycles. The van der Waals surface area contributed by atoms with Gasteiger partial charge in [-0.2, -0.15) is 0 Å². The van der Waals surface area contributed by atoms with Crippen LogP contribution in [0.2, 0.25) is 0 Å². The van der Waals surface area contributed by atoms with Crippen molar-refractivity contribution in [3.63, 3.8) is 0 Å². The van der Waals surface area contributed by atoms with Gasteiger partial charge in [0.25, 0.3) is 11.7 Å². The zero-order valence-corrected chi connectivity index (χ0v) is 9.33. The van der Waals surface area contributed by atoms with Crippen molar-refractivity contribution in [3.8, 4) is 0 Å². The molecule has 0 atom stereocenters. The quantitative estimate of drug-likeness (QED) is 0.608. The summed E-state index contributed by atoms with van der Waals surface area (Å²) >= 11 is 0. The van der Waals surface area contributed by atoms with Crippen molar-refractivity contribution in [1.29, 1.82) is 0 Å². The van der Waals surface area contributed by atoms with E-state index in [0.29, 0.717) is 11.3 Å². The molecule has 1 amide bonds. The van der Waals surface area contributed by atoms with Crippen molar-refractivity contribution in [2.75, 3.05) is 5.32 Å². The van der Waals surface area contributed by atoms with E-state index < -0.39 is 11.7 Å². The van der Waals surface area contributed by atoms with Gasteiger partial charge in [-0.1, -0.05) is 17.7 Å². The summed E-state index contributed by atoms with van der Waals surface area (Å²) in [5.74, 6) is -0.974. The number of hydrogen-bond acceptors (Lipinski definition) is 2. The second-order valence-corrected chi connectivity index (χ2v) is 4.15. The molecule has 1 N–H and O–H groups in total. The second-order valence-electron chi connectivity index (χ2n) is 4.15. The Bertz CT molecular complexity index is 497. The monoisotopic (exact) mass is 215 g/mol. The first-order chi connectivity index (χ1) is 7.58. The van der Waals surface area contributed by atoms with Gasteiger partial charge >= 0.3 is 0 Å². The molecule has 82 valence electrons. The highest BCUT2D eigenvalue weighted by molar-refractivity contribution is 6.51. The van der Waals surface area contributed by atoms with Gasteiger partial charge in [-0.25, -0.2) is 0 Å². The molecule has 1 aliphatic rings. The average Bonchev–Trinajstić information content (AvgIpc) is 2.52. The highest BCUT2D eigenvalue weighted by Gasteiger charge is 2.27. The van der Waals surface area contributed by atoms with E-state index in [9.17, 15) is 9.59 Å². The molecule has 1 aromatic rings. The molecule has 3 nitrogen and oxygen atoms in total. The van der Waals surface area contributed by atoms with Crippen molar-refractivity contribution in [2.24, 2.45) is 0 Å². The van der Waals surface area contributed by atoms with E-state index >= 15 is 0 Å². The van der Waals surface area contributed by atoms with E-state index in [1.54, 1.807) is 6.07 Å². The highest BCUT2D eigenvalue weighted by atomic mass is 16.2. The molecule has 0 bridgehead atoms. The summed E-state index contributed by atoms with van der Waals surface area (Å²) in [5, 5.41) is 2.57. The Morgan fingerprint density at radius 2 is 2.06 bits per heavy atom. The molecule has 1 heterocycles. The minimum absolute atomic E-state index is 0.441. The minimum Gasteiger partial charge on any atom is -0.318 e. The molecule has 0 radical (unpaired) electrons. The third kappa shape index (κ3) is 1.89. The number of nitrogens with one attached hydrogen (secondary N) is 1. The van der Waals surface area contributed by atoms with Crippen LogP contribution in [0.5, 0.6) is 0 Å². The van der Waals surface area contributed by atoms with Gasteiger partial charge in [0, 0.05) is 0 Å². The third-order valence-electron chi connectivity index (χ3n) is 2.53. The number of benzene rings is 1. The van der Waals surface area contributed by atoms with E-state index in [0.717, 1.165) is 12.0 Å². The molecule has 2 rings (SSSR count). The number of anilines is 1. The fourth-order valence-corrected chi connectivity index (χ4v) is 1.64. The Labute approximate surface area is 94.2 Å². The van der Waals surface area contributed by atoms with Crippen molar-refractivity contribution in [2.45, 2.75) is 20.3 Å². The Balaban J connectivity index is 2.29. The zero-order chi connectivity index (χ0) is 11.7. The van der Waals surface area contributed by atoms with Crippen molar-refractivity contribution in [1.82, 2.24) is 0 Å². The average molecular weight is 215 g/mol. The van der Waals surface area contributed by atoms with Crippen LogP contribution in [0.15, 0.2) is 29.8 Å². The normalized spacial score (nSPS) is 13.4. The van der Waals surface area contributed by atoms with Crippen molar-refractivity contribution < 1.29 is 9.59 Å². The minimum atomic E-state index is -0.533. The van der Waals surface area contributed by atoms with Crippen LogP contribution in [0.25, 0.3) is 0 Å². The van der Waals surface area contributed by atoms with Gasteiger partial charge in [-0.15, -0.1) is 0 Å². The lowest BCUT2D eigenvalue weighted by Crippen LogP contribution is -2.12. The molecule has 0 unspecified atom stereocenters. The maximum atomic E-state index is 11.3. The largest absolute Gasteiger partial charge is 0.318 e. The summed E-state index contributed by atoms with van der Waals surface area (Å²) in [7, 11) is 0. The molecule has 0 aliphatic carbocycles. The Hall–Kier alpha value is -1.90. The number of allylic oxidation sites excluding steroid dienone is 2. The number of ketones is 1. The molecule has 0 spiro atoms. The standard InChI is InChI=1S/C13H13NO2/c1-8(2)3-4-9-5-6-10-11(7-9)14-13(16)12(10)15/h3,5-7H,4H2,1-2H3,(H,14,15,16). The van der Waals surface area contributed by atoms with Gasteiger partial charge < -0.3 is 5.32 Å². The predicted octanol–water partition coefficient (Wildman–Crippen LogP) is 2.33. The first-order valence-corrected chi connectivity index (χ1v) is 5.20. The molecule has 0 aromatic heterocycles. The fourth-order valence-electron chi connectivity index (χ4n) is 1.64. The van der Waals surface area contributed by atoms with Crippen LogP contribution < -0.4 is 5.32 Å². The first kappa shape index (κ1) is 10.6. The van der Waals surface area contributed by atoms with Crippen LogP contribution in [0.3, 0.4) is 0 Å². The number of fused-ring (bicyclic) bond motifs is 1. The van der Waals surface area contributed by atoms with Crippen molar-refractivity contribution in [3.05, 3.63) is 41.0 Å². The molecule has 1 aromatic carbocycles. The summed E-state index contributed by atoms with van der Waals surface area (Å²) in [6.07, 6.45) is 2.93. The van der Waals surface area contributed by atoms with E-state index in [-0.39, 0.29) is 0 Å². The summed E-state index contributed by atoms with van der Waals surface area (Å²) in [6.45, 7) is 4.08. The molecular formula is C13H13NO2. The van der Waals surface area contributed by atoms with Crippen LogP contribution in [0.1, 0.15) is 29.8 Å². The molecular weight excluding hydrogens is 202 g/mol. The summed E-state index contributed by atoms with van der Waals surface area (Å²) in [5.41, 5.74) is 3.45. The summed E-state index contributed by atoms with van der Waals surface area (Å²) in [6, 6.07) is 5.46. The van der Waals surface area contributed by atoms with Gasteiger partial charge in [0.05, 0.1) is 11.3 Å². The summed E-state index contributed by atoms with van der Waals surface area (Å²) < 4.78 is 0. The van der Waals surface area contributed by atoms with Gasteiger partial charge in [-0.05, 0) is 38.0 Å². The van der Waals surface area contributed by atoms with Crippen LogP contribution in [-0.2, 0) is 11.2 Å². The van der Waals surface area contributed by atoms with Crippen LogP contribution in [-0.4, -0.2) is 11.7 Å². The topological polar surface area (TPSA) is 46.2 Å². The predicted molar refractivity (Wildman–Crippen MR) is 62.5 cm³/mol. The van der Waals surface area contributed by atoms with Gasteiger partial charge in [0.1, 0.15) is 0 Å². The summed E-state index contributed by atoms with van der Waals surface area (Å²) in [4.78, 5) is 22.5. The lowest BCUT2D eigenvalue weighted by molar-refractivity contribution is -0.112. The van der Waals surface area contributed by atoms with E-state index in [1.807, 2.05) is 26.0 Å². The number of carbonyl (C=O) groups excluding carboxylic acids is 2. The SMILES string of the molecule is CC(C)=CCc1ccc2c(c1)NC(=O)C2=O. The number of hydrogen-bond donors (Lipinski definition) is 1. The van der Waals surface area contributed by atoms with Crippen LogP contribution in [0.4, 0.5) is 5.69 Å². The molecule has 1 aliphatic heterocycles. The molecule has 16 heavy (non-hydrogen) atoms. The van der Waals surface area contributed by atoms with Gasteiger partial charge in [0.2, 0.25) is 0 Å². The Morgan fingerprint density at radius 3 is 2.75 bits per heavy atom. The third-order valence-corrected chi connectivity index (χ3v) is 2.53. The maximum Gasteiger partial charge on any atom is 0.296 e. The van der Waals surface area contributed by atoms with Crippen LogP contribution >= 0.6 is 0 Å². The number of amides is 1. The van der Waals surface area contributed by atoms with Gasteiger partial charge in [0.15, 0.2) is 0 Å². The zero-order valence-electron chi connectivity index (χ0n) is 9.33. The smallest absolute Gasteiger partial charge is 0.296 e. The van der Waals surface area contributed by atoms with E-state index in [4.69, 9.17) is 0 Å². The molecule has 0 fully saturated rings.